The molecule has 0 amide bonds. The van der Waals surface area contributed by atoms with Gasteiger partial charge in [-0.05, 0) is 24.1 Å². The van der Waals surface area contributed by atoms with E-state index in [1.807, 2.05) is 0 Å². The lowest BCUT2D eigenvalue weighted by Gasteiger charge is -2.05. The van der Waals surface area contributed by atoms with Gasteiger partial charge in [-0.15, -0.1) is 0 Å². The Bertz CT molecular complexity index is 271. The smallest absolute Gasteiger partial charge is 0.264 e. The monoisotopic (exact) mass is 171 g/mol. The molecule has 0 spiro atoms. The maximum atomic E-state index is 12.3. The third kappa shape index (κ3) is 1.80. The molecule has 1 aromatic rings. The van der Waals surface area contributed by atoms with Crippen LogP contribution in [0.3, 0.4) is 0 Å². The van der Waals surface area contributed by atoms with Crippen LogP contribution < -0.4 is 5.73 Å². The minimum atomic E-state index is -2.41. The van der Waals surface area contributed by atoms with Crippen molar-refractivity contribution >= 4 is 0 Å². The van der Waals surface area contributed by atoms with E-state index < -0.39 is 6.43 Å². The van der Waals surface area contributed by atoms with E-state index in [9.17, 15) is 8.78 Å². The topological polar surface area (TPSA) is 26.0 Å². The highest BCUT2D eigenvalue weighted by Crippen LogP contribution is 2.23. The second-order valence-corrected chi connectivity index (χ2v) is 2.70. The van der Waals surface area contributed by atoms with Crippen molar-refractivity contribution in [3.8, 4) is 0 Å². The number of hydrogen-bond donors (Lipinski definition) is 1. The molecular weight excluding hydrogens is 160 g/mol. The van der Waals surface area contributed by atoms with Gasteiger partial charge in [0.1, 0.15) is 0 Å². The standard InChI is InChI=1S/C9H11F2N/c1-6-2-3-7(5-12)4-8(6)9(10)11/h2-4,9H,5,12H2,1H3. The van der Waals surface area contributed by atoms with Gasteiger partial charge in [0.15, 0.2) is 0 Å². The molecule has 12 heavy (non-hydrogen) atoms. The molecule has 66 valence electrons. The number of rotatable bonds is 2. The van der Waals surface area contributed by atoms with Crippen LogP contribution in [-0.4, -0.2) is 0 Å². The Morgan fingerprint density at radius 2 is 2.08 bits per heavy atom. The van der Waals surface area contributed by atoms with Crippen molar-refractivity contribution in [1.29, 1.82) is 0 Å². The summed E-state index contributed by atoms with van der Waals surface area (Å²) in [5.74, 6) is 0. The van der Waals surface area contributed by atoms with Crippen molar-refractivity contribution in [1.82, 2.24) is 0 Å². The molecule has 0 saturated heterocycles. The first-order chi connectivity index (χ1) is 5.65. The predicted octanol–water partition coefficient (Wildman–Crippen LogP) is 2.39. The van der Waals surface area contributed by atoms with E-state index >= 15 is 0 Å². The van der Waals surface area contributed by atoms with Crippen LogP contribution in [0.1, 0.15) is 23.1 Å². The zero-order chi connectivity index (χ0) is 9.14. The Morgan fingerprint density at radius 3 is 2.58 bits per heavy atom. The molecule has 1 aromatic carbocycles. The van der Waals surface area contributed by atoms with Gasteiger partial charge in [-0.2, -0.15) is 0 Å². The normalized spacial score (nSPS) is 10.8. The average molecular weight is 171 g/mol. The number of halogens is 2. The van der Waals surface area contributed by atoms with E-state index in [1.54, 1.807) is 19.1 Å². The molecule has 0 radical (unpaired) electrons. The van der Waals surface area contributed by atoms with Crippen LogP contribution in [0.5, 0.6) is 0 Å². The molecule has 0 saturated carbocycles. The Balaban J connectivity index is 3.08. The molecule has 1 rings (SSSR count). The van der Waals surface area contributed by atoms with Gasteiger partial charge in [-0.3, -0.25) is 0 Å². The molecule has 0 bridgehead atoms. The molecule has 0 aromatic heterocycles. The van der Waals surface area contributed by atoms with E-state index in [0.29, 0.717) is 12.1 Å². The van der Waals surface area contributed by atoms with E-state index in [0.717, 1.165) is 5.56 Å². The van der Waals surface area contributed by atoms with Crippen LogP contribution in [0.4, 0.5) is 8.78 Å². The van der Waals surface area contributed by atoms with Gasteiger partial charge < -0.3 is 5.73 Å². The summed E-state index contributed by atoms with van der Waals surface area (Å²) >= 11 is 0. The van der Waals surface area contributed by atoms with Crippen molar-refractivity contribution in [2.75, 3.05) is 0 Å². The zero-order valence-corrected chi connectivity index (χ0v) is 6.85. The van der Waals surface area contributed by atoms with Gasteiger partial charge in [0.2, 0.25) is 0 Å². The Morgan fingerprint density at radius 1 is 1.42 bits per heavy atom. The van der Waals surface area contributed by atoms with E-state index in [1.165, 1.54) is 6.07 Å². The second kappa shape index (κ2) is 3.63. The first-order valence-electron chi connectivity index (χ1n) is 3.72. The largest absolute Gasteiger partial charge is 0.326 e. The van der Waals surface area contributed by atoms with Gasteiger partial charge in [0.05, 0.1) is 0 Å². The van der Waals surface area contributed by atoms with Crippen LogP contribution in [0.25, 0.3) is 0 Å². The van der Waals surface area contributed by atoms with Gasteiger partial charge in [-0.25, -0.2) is 8.78 Å². The summed E-state index contributed by atoms with van der Waals surface area (Å²) in [6.45, 7) is 1.97. The fourth-order valence-electron chi connectivity index (χ4n) is 1.05. The molecule has 0 heterocycles. The summed E-state index contributed by atoms with van der Waals surface area (Å²) in [5.41, 5.74) is 6.76. The van der Waals surface area contributed by atoms with Crippen molar-refractivity contribution in [2.45, 2.75) is 19.9 Å². The van der Waals surface area contributed by atoms with Gasteiger partial charge in [0.25, 0.3) is 6.43 Å². The van der Waals surface area contributed by atoms with Crippen molar-refractivity contribution < 1.29 is 8.78 Å². The Kier molecular flexibility index (Phi) is 2.76. The molecule has 1 nitrogen and oxygen atoms in total. The Hall–Kier alpha value is -0.960. The zero-order valence-electron chi connectivity index (χ0n) is 6.85. The molecule has 0 aliphatic heterocycles. The lowest BCUT2D eigenvalue weighted by atomic mass is 10.1. The molecule has 2 N–H and O–H groups in total. The van der Waals surface area contributed by atoms with Crippen molar-refractivity contribution in [2.24, 2.45) is 5.73 Å². The summed E-state index contributed by atoms with van der Waals surface area (Å²) in [7, 11) is 0. The van der Waals surface area contributed by atoms with Crippen molar-refractivity contribution in [3.63, 3.8) is 0 Å². The molecule has 3 heteroatoms. The quantitative estimate of drug-likeness (QED) is 0.726. The molecule has 0 aliphatic rings. The van der Waals surface area contributed by atoms with Gasteiger partial charge in [0, 0.05) is 12.1 Å². The fourth-order valence-corrected chi connectivity index (χ4v) is 1.05. The van der Waals surface area contributed by atoms with Gasteiger partial charge in [-0.1, -0.05) is 12.1 Å². The first-order valence-corrected chi connectivity index (χ1v) is 3.72. The average Bonchev–Trinajstić information content (AvgIpc) is 2.05. The van der Waals surface area contributed by atoms with E-state index in [-0.39, 0.29) is 5.56 Å². The van der Waals surface area contributed by atoms with Crippen molar-refractivity contribution in [3.05, 3.63) is 34.9 Å². The summed E-state index contributed by atoms with van der Waals surface area (Å²) < 4.78 is 24.6. The SMILES string of the molecule is Cc1ccc(CN)cc1C(F)F. The minimum absolute atomic E-state index is 0.0814. The number of nitrogens with two attached hydrogens (primary N) is 1. The Labute approximate surface area is 70.2 Å². The maximum absolute atomic E-state index is 12.3. The molecule has 0 unspecified atom stereocenters. The third-order valence-corrected chi connectivity index (χ3v) is 1.81. The van der Waals surface area contributed by atoms with E-state index in [2.05, 4.69) is 0 Å². The van der Waals surface area contributed by atoms with Crippen LogP contribution in [0, 0.1) is 6.92 Å². The minimum Gasteiger partial charge on any atom is -0.326 e. The number of hydrogen-bond acceptors (Lipinski definition) is 1. The molecule has 0 fully saturated rings. The molecular formula is C9H11F2N. The maximum Gasteiger partial charge on any atom is 0.264 e. The molecule has 0 aliphatic carbocycles. The number of benzene rings is 1. The fraction of sp³-hybridized carbons (Fsp3) is 0.333. The van der Waals surface area contributed by atoms with Crippen LogP contribution in [0.15, 0.2) is 18.2 Å². The van der Waals surface area contributed by atoms with E-state index in [4.69, 9.17) is 5.73 Å². The third-order valence-electron chi connectivity index (χ3n) is 1.81. The highest BCUT2D eigenvalue weighted by Gasteiger charge is 2.09. The highest BCUT2D eigenvalue weighted by atomic mass is 19.3. The highest BCUT2D eigenvalue weighted by molar-refractivity contribution is 5.31. The van der Waals surface area contributed by atoms with Crippen LogP contribution >= 0.6 is 0 Å². The second-order valence-electron chi connectivity index (χ2n) is 2.70. The first kappa shape index (κ1) is 9.13. The number of aryl methyl sites for hydroxylation is 1. The lowest BCUT2D eigenvalue weighted by molar-refractivity contribution is 0.150. The summed E-state index contributed by atoms with van der Waals surface area (Å²) in [4.78, 5) is 0. The molecule has 0 atom stereocenters. The summed E-state index contributed by atoms with van der Waals surface area (Å²) in [6.07, 6.45) is -2.41. The summed E-state index contributed by atoms with van der Waals surface area (Å²) in [6, 6.07) is 4.89. The van der Waals surface area contributed by atoms with Gasteiger partial charge >= 0.3 is 0 Å². The summed E-state index contributed by atoms with van der Waals surface area (Å²) in [5, 5.41) is 0. The number of alkyl halides is 2. The lowest BCUT2D eigenvalue weighted by Crippen LogP contribution is -1.98. The van der Waals surface area contributed by atoms with Crippen LogP contribution in [0.2, 0.25) is 0 Å². The van der Waals surface area contributed by atoms with Crippen LogP contribution in [-0.2, 0) is 6.54 Å². The predicted molar refractivity (Wildman–Crippen MR) is 44.0 cm³/mol.